The quantitative estimate of drug-likeness (QED) is 0.569. The Balaban J connectivity index is 2.50. The predicted octanol–water partition coefficient (Wildman–Crippen LogP) is 0.887. The Morgan fingerprint density at radius 2 is 2.75 bits per heavy atom. The molecule has 1 radical (unpaired) electrons. The second-order valence-corrected chi connectivity index (χ2v) is 1.15. The van der Waals surface area contributed by atoms with Crippen LogP contribution in [-0.4, -0.2) is 11.6 Å². The van der Waals surface area contributed by atoms with Gasteiger partial charge >= 0.3 is 6.08 Å². The predicted molar refractivity (Wildman–Crippen MR) is 27.4 cm³/mol. The normalized spacial score (nSPS) is 9.12. The van der Waals surface area contributed by atoms with Crippen molar-refractivity contribution in [1.82, 2.24) is 4.98 Å². The van der Waals surface area contributed by atoms with Gasteiger partial charge in [-0.05, 0) is 6.92 Å². The van der Waals surface area contributed by atoms with Crippen molar-refractivity contribution in [3.63, 3.8) is 0 Å². The molecule has 0 aliphatic heterocycles. The average molecular weight is 112 g/mol. The fourth-order valence-corrected chi connectivity index (χ4v) is 0.369. The van der Waals surface area contributed by atoms with E-state index in [9.17, 15) is 0 Å². The minimum absolute atomic E-state index is 0.278. The van der Waals surface area contributed by atoms with Crippen LogP contribution in [0.5, 0.6) is 6.08 Å². The number of nitrogens with zero attached hydrogens (tertiary/aromatic N) is 1. The molecule has 3 nitrogen and oxygen atoms in total. The molecule has 8 heavy (non-hydrogen) atoms. The standard InChI is InChI=1S/C5H6NO2/c1-2-7-5-6-3-4-8-5/h3-4H,1-2H2. The Bertz CT molecular complexity index is 136. The van der Waals surface area contributed by atoms with Gasteiger partial charge < -0.3 is 9.15 Å². The van der Waals surface area contributed by atoms with Crippen LogP contribution in [0.25, 0.3) is 0 Å². The number of ether oxygens (including phenoxy) is 1. The zero-order valence-electron chi connectivity index (χ0n) is 4.33. The number of hydrogen-bond acceptors (Lipinski definition) is 3. The summed E-state index contributed by atoms with van der Waals surface area (Å²) in [6, 6.07) is 0. The first-order valence-corrected chi connectivity index (χ1v) is 2.25. The van der Waals surface area contributed by atoms with E-state index < -0.39 is 0 Å². The minimum atomic E-state index is 0.278. The number of oxazole rings is 1. The number of rotatable bonds is 2. The summed E-state index contributed by atoms with van der Waals surface area (Å²) in [6.45, 7) is 3.79. The summed E-state index contributed by atoms with van der Waals surface area (Å²) in [6.07, 6.45) is 3.25. The Kier molecular flexibility index (Phi) is 1.51. The maximum atomic E-state index is 4.76. The summed E-state index contributed by atoms with van der Waals surface area (Å²) in [7, 11) is 0. The molecule has 0 saturated heterocycles. The van der Waals surface area contributed by atoms with Gasteiger partial charge in [0.15, 0.2) is 0 Å². The van der Waals surface area contributed by atoms with E-state index in [1.165, 1.54) is 12.5 Å². The Morgan fingerprint density at radius 1 is 1.88 bits per heavy atom. The van der Waals surface area contributed by atoms with Gasteiger partial charge in [-0.25, -0.2) is 0 Å². The van der Waals surface area contributed by atoms with Crippen LogP contribution < -0.4 is 4.74 Å². The highest BCUT2D eigenvalue weighted by Gasteiger charge is 1.91. The first-order chi connectivity index (χ1) is 3.93. The highest BCUT2D eigenvalue weighted by atomic mass is 16.6. The summed E-state index contributed by atoms with van der Waals surface area (Å²) in [4.78, 5) is 3.68. The molecule has 1 aromatic heterocycles. The third kappa shape index (κ3) is 0.992. The topological polar surface area (TPSA) is 35.3 Å². The molecule has 0 N–H and O–H groups in total. The Hall–Kier alpha value is -0.990. The molecule has 0 saturated carbocycles. The molecule has 0 fully saturated rings. The molecule has 43 valence electrons. The van der Waals surface area contributed by atoms with Crippen LogP contribution in [-0.2, 0) is 0 Å². The van der Waals surface area contributed by atoms with E-state index in [1.807, 2.05) is 0 Å². The van der Waals surface area contributed by atoms with Gasteiger partial charge in [-0.1, -0.05) is 0 Å². The summed E-state index contributed by atoms with van der Waals surface area (Å²) in [5.74, 6) is 0. The molecule has 1 aromatic rings. The molecule has 1 heterocycles. The average Bonchev–Trinajstić information content (AvgIpc) is 2.19. The van der Waals surface area contributed by atoms with E-state index in [1.54, 1.807) is 0 Å². The highest BCUT2D eigenvalue weighted by Crippen LogP contribution is 2.02. The molecular weight excluding hydrogens is 106 g/mol. The summed E-state index contributed by atoms with van der Waals surface area (Å²) >= 11 is 0. The minimum Gasteiger partial charge on any atom is -0.450 e. The Labute approximate surface area is 47.3 Å². The van der Waals surface area contributed by atoms with Crippen LogP contribution >= 0.6 is 0 Å². The van der Waals surface area contributed by atoms with Gasteiger partial charge in [-0.15, -0.1) is 0 Å². The zero-order chi connectivity index (χ0) is 5.82. The molecule has 0 aliphatic carbocycles. The fourth-order valence-electron chi connectivity index (χ4n) is 0.369. The molecular formula is C5H6NO2. The summed E-state index contributed by atoms with van der Waals surface area (Å²) < 4.78 is 9.46. The molecule has 0 bridgehead atoms. The molecule has 0 atom stereocenters. The third-order valence-corrected chi connectivity index (χ3v) is 0.635. The third-order valence-electron chi connectivity index (χ3n) is 0.635. The SMILES string of the molecule is [CH2]COc1ncco1. The molecule has 1 rings (SSSR count). The Morgan fingerprint density at radius 3 is 3.25 bits per heavy atom. The van der Waals surface area contributed by atoms with Gasteiger partial charge in [0, 0.05) is 0 Å². The largest absolute Gasteiger partial charge is 0.450 e. The van der Waals surface area contributed by atoms with Crippen molar-refractivity contribution in [1.29, 1.82) is 0 Å². The first kappa shape index (κ1) is 5.15. The molecule has 0 aromatic carbocycles. The number of hydrogen-bond donors (Lipinski definition) is 0. The van der Waals surface area contributed by atoms with E-state index in [2.05, 4.69) is 11.9 Å². The highest BCUT2D eigenvalue weighted by molar-refractivity contribution is 4.84. The molecule has 0 amide bonds. The van der Waals surface area contributed by atoms with Gasteiger partial charge in [0.25, 0.3) is 0 Å². The van der Waals surface area contributed by atoms with Crippen molar-refractivity contribution in [2.75, 3.05) is 6.61 Å². The maximum Gasteiger partial charge on any atom is 0.393 e. The van der Waals surface area contributed by atoms with Crippen molar-refractivity contribution >= 4 is 0 Å². The van der Waals surface area contributed by atoms with Crippen LogP contribution in [0.15, 0.2) is 16.9 Å². The van der Waals surface area contributed by atoms with E-state index in [-0.39, 0.29) is 6.08 Å². The van der Waals surface area contributed by atoms with Crippen LogP contribution in [0, 0.1) is 6.92 Å². The molecule has 0 aliphatic rings. The second-order valence-electron chi connectivity index (χ2n) is 1.15. The van der Waals surface area contributed by atoms with Gasteiger partial charge in [-0.2, -0.15) is 4.98 Å². The van der Waals surface area contributed by atoms with Gasteiger partial charge in [0.1, 0.15) is 6.26 Å². The van der Waals surface area contributed by atoms with E-state index in [0.29, 0.717) is 6.61 Å². The summed E-state index contributed by atoms with van der Waals surface area (Å²) in [5, 5.41) is 0. The lowest BCUT2D eigenvalue weighted by Gasteiger charge is -1.90. The van der Waals surface area contributed by atoms with Gasteiger partial charge in [0.05, 0.1) is 12.8 Å². The van der Waals surface area contributed by atoms with Crippen molar-refractivity contribution in [3.05, 3.63) is 19.4 Å². The van der Waals surface area contributed by atoms with Crippen LogP contribution in [0.3, 0.4) is 0 Å². The molecule has 0 spiro atoms. The zero-order valence-corrected chi connectivity index (χ0v) is 4.33. The summed E-state index contributed by atoms with van der Waals surface area (Å²) in [5.41, 5.74) is 0. The monoisotopic (exact) mass is 112 g/mol. The lowest BCUT2D eigenvalue weighted by Crippen LogP contribution is -1.90. The van der Waals surface area contributed by atoms with Gasteiger partial charge in [0.2, 0.25) is 0 Å². The van der Waals surface area contributed by atoms with E-state index in [4.69, 9.17) is 9.15 Å². The van der Waals surface area contributed by atoms with Crippen LogP contribution in [0.2, 0.25) is 0 Å². The van der Waals surface area contributed by atoms with Crippen molar-refractivity contribution in [2.45, 2.75) is 0 Å². The van der Waals surface area contributed by atoms with Crippen LogP contribution in [0.1, 0.15) is 0 Å². The van der Waals surface area contributed by atoms with Gasteiger partial charge in [-0.3, -0.25) is 0 Å². The van der Waals surface area contributed by atoms with Crippen molar-refractivity contribution < 1.29 is 9.15 Å². The molecule has 0 unspecified atom stereocenters. The number of aromatic nitrogens is 1. The lowest BCUT2D eigenvalue weighted by atomic mass is 10.9. The van der Waals surface area contributed by atoms with E-state index in [0.717, 1.165) is 0 Å². The smallest absolute Gasteiger partial charge is 0.393 e. The second kappa shape index (κ2) is 2.35. The van der Waals surface area contributed by atoms with E-state index >= 15 is 0 Å². The van der Waals surface area contributed by atoms with Crippen LogP contribution in [0.4, 0.5) is 0 Å². The fraction of sp³-hybridized carbons (Fsp3) is 0.200. The van der Waals surface area contributed by atoms with Crippen molar-refractivity contribution in [2.24, 2.45) is 0 Å². The lowest BCUT2D eigenvalue weighted by molar-refractivity contribution is 0.257. The first-order valence-electron chi connectivity index (χ1n) is 2.25. The maximum absolute atomic E-state index is 4.76. The van der Waals surface area contributed by atoms with Crippen molar-refractivity contribution in [3.8, 4) is 6.08 Å². The molecule has 3 heteroatoms.